The Bertz CT molecular complexity index is 578. The first-order valence-electron chi connectivity index (χ1n) is 6.29. The van der Waals surface area contributed by atoms with E-state index < -0.39 is 12.4 Å². The monoisotopic (exact) mass is 319 g/mol. The maximum Gasteiger partial charge on any atom is 1.00 e. The standard InChI is InChI=1S/C14H14BF3NO.K/c1-11-9-13(4-5-14(11)15(16,17)18)20-8-6-12-3-2-7-19-10-12;/h2-5,7,9-10H,6,8H2,1H3;/q-1;+1. The number of benzene rings is 1. The van der Waals surface area contributed by atoms with E-state index in [-0.39, 0.29) is 56.9 Å². The third-order valence-electron chi connectivity index (χ3n) is 2.98. The second-order valence-electron chi connectivity index (χ2n) is 4.55. The summed E-state index contributed by atoms with van der Waals surface area (Å²) in [5.41, 5.74) is 0.653. The van der Waals surface area contributed by atoms with Crippen molar-refractivity contribution in [2.24, 2.45) is 0 Å². The van der Waals surface area contributed by atoms with Gasteiger partial charge in [-0.05, 0) is 30.7 Å². The van der Waals surface area contributed by atoms with Crippen molar-refractivity contribution < 1.29 is 69.1 Å². The van der Waals surface area contributed by atoms with E-state index in [2.05, 4.69) is 4.98 Å². The normalized spacial score (nSPS) is 10.9. The summed E-state index contributed by atoms with van der Waals surface area (Å²) in [7, 11) is 0. The molecule has 1 aromatic carbocycles. The van der Waals surface area contributed by atoms with Gasteiger partial charge < -0.3 is 17.7 Å². The number of pyridine rings is 1. The molecule has 0 saturated heterocycles. The van der Waals surface area contributed by atoms with Crippen LogP contribution in [-0.2, 0) is 6.42 Å². The van der Waals surface area contributed by atoms with Gasteiger partial charge in [-0.3, -0.25) is 4.98 Å². The van der Waals surface area contributed by atoms with Gasteiger partial charge in [0.1, 0.15) is 5.75 Å². The van der Waals surface area contributed by atoms with Gasteiger partial charge in [-0.2, -0.15) is 0 Å². The quantitative estimate of drug-likeness (QED) is 0.728. The Balaban J connectivity index is 0.00000220. The maximum absolute atomic E-state index is 12.7. The predicted octanol–water partition coefficient (Wildman–Crippen LogP) is 0.0699. The van der Waals surface area contributed by atoms with Crippen molar-refractivity contribution in [3.63, 3.8) is 0 Å². The average Bonchev–Trinajstić information content (AvgIpc) is 2.38. The molecule has 0 saturated carbocycles. The summed E-state index contributed by atoms with van der Waals surface area (Å²) in [6, 6.07) is 7.62. The first-order valence-corrected chi connectivity index (χ1v) is 6.29. The van der Waals surface area contributed by atoms with Crippen LogP contribution in [0.3, 0.4) is 0 Å². The zero-order valence-corrected chi connectivity index (χ0v) is 15.1. The maximum atomic E-state index is 12.7. The van der Waals surface area contributed by atoms with Gasteiger partial charge in [0, 0.05) is 18.8 Å². The molecule has 0 unspecified atom stereocenters. The molecule has 1 aromatic heterocycles. The van der Waals surface area contributed by atoms with Gasteiger partial charge in [0.25, 0.3) is 0 Å². The topological polar surface area (TPSA) is 22.1 Å². The SMILES string of the molecule is Cc1cc(OCCc2cccnc2)ccc1[B-](F)(F)F.[K+]. The van der Waals surface area contributed by atoms with Crippen molar-refractivity contribution in [1.82, 2.24) is 4.98 Å². The van der Waals surface area contributed by atoms with Crippen LogP contribution in [0.25, 0.3) is 0 Å². The van der Waals surface area contributed by atoms with E-state index >= 15 is 0 Å². The number of hydrogen-bond donors (Lipinski definition) is 0. The Kier molecular flexibility index (Phi) is 7.43. The van der Waals surface area contributed by atoms with Crippen LogP contribution in [0, 0.1) is 6.92 Å². The molecule has 1 heterocycles. The fraction of sp³-hybridized carbons (Fsp3) is 0.214. The zero-order valence-electron chi connectivity index (χ0n) is 12.0. The van der Waals surface area contributed by atoms with E-state index in [4.69, 9.17) is 4.74 Å². The molecule has 0 amide bonds. The van der Waals surface area contributed by atoms with Crippen molar-refractivity contribution in [3.8, 4) is 5.75 Å². The van der Waals surface area contributed by atoms with Gasteiger partial charge in [0.05, 0.1) is 6.61 Å². The molecule has 2 nitrogen and oxygen atoms in total. The van der Waals surface area contributed by atoms with E-state index in [9.17, 15) is 12.9 Å². The second-order valence-corrected chi connectivity index (χ2v) is 4.55. The molecular weight excluding hydrogens is 305 g/mol. The predicted molar refractivity (Wildman–Crippen MR) is 73.3 cm³/mol. The molecule has 0 atom stereocenters. The molecule has 106 valence electrons. The van der Waals surface area contributed by atoms with E-state index in [0.717, 1.165) is 11.6 Å². The van der Waals surface area contributed by atoms with Crippen LogP contribution < -0.4 is 61.6 Å². The second kappa shape index (κ2) is 8.33. The molecule has 0 radical (unpaired) electrons. The van der Waals surface area contributed by atoms with E-state index in [1.165, 1.54) is 19.1 Å². The van der Waals surface area contributed by atoms with E-state index in [1.54, 1.807) is 12.4 Å². The molecular formula is C14H14BF3KNO. The minimum Gasteiger partial charge on any atom is -0.493 e. The summed E-state index contributed by atoms with van der Waals surface area (Å²) < 4.78 is 43.5. The Morgan fingerprint density at radius 2 is 1.95 bits per heavy atom. The van der Waals surface area contributed by atoms with Crippen LogP contribution in [0.5, 0.6) is 5.75 Å². The Morgan fingerprint density at radius 3 is 2.52 bits per heavy atom. The summed E-state index contributed by atoms with van der Waals surface area (Å²) in [6.07, 6.45) is 4.09. The molecule has 7 heteroatoms. The summed E-state index contributed by atoms with van der Waals surface area (Å²) in [4.78, 5) is 3.98. The van der Waals surface area contributed by atoms with Gasteiger partial charge in [-0.1, -0.05) is 17.7 Å². The third-order valence-corrected chi connectivity index (χ3v) is 2.98. The minimum atomic E-state index is -4.96. The van der Waals surface area contributed by atoms with E-state index in [0.29, 0.717) is 18.8 Å². The summed E-state index contributed by atoms with van der Waals surface area (Å²) >= 11 is 0. The van der Waals surface area contributed by atoms with Gasteiger partial charge in [0.15, 0.2) is 0 Å². The fourth-order valence-corrected chi connectivity index (χ4v) is 1.94. The van der Waals surface area contributed by atoms with Gasteiger partial charge in [-0.25, -0.2) is 0 Å². The van der Waals surface area contributed by atoms with Gasteiger partial charge in [-0.15, -0.1) is 5.46 Å². The van der Waals surface area contributed by atoms with Crippen molar-refractivity contribution in [1.29, 1.82) is 0 Å². The number of ether oxygens (including phenoxy) is 1. The van der Waals surface area contributed by atoms with Crippen molar-refractivity contribution in [2.45, 2.75) is 13.3 Å². The Hall–Kier alpha value is -0.339. The van der Waals surface area contributed by atoms with Gasteiger partial charge >= 0.3 is 58.4 Å². The molecule has 0 spiro atoms. The largest absolute Gasteiger partial charge is 1.00 e. The first-order chi connectivity index (χ1) is 9.47. The number of nitrogens with zero attached hydrogens (tertiary/aromatic N) is 1. The molecule has 2 rings (SSSR count). The van der Waals surface area contributed by atoms with Crippen LogP contribution in [0.1, 0.15) is 11.1 Å². The van der Waals surface area contributed by atoms with Crippen LogP contribution in [-0.4, -0.2) is 18.6 Å². The van der Waals surface area contributed by atoms with Crippen LogP contribution in [0.4, 0.5) is 12.9 Å². The van der Waals surface area contributed by atoms with E-state index in [1.807, 2.05) is 12.1 Å². The zero-order chi connectivity index (χ0) is 14.6. The van der Waals surface area contributed by atoms with Crippen LogP contribution >= 0.6 is 0 Å². The number of hydrogen-bond acceptors (Lipinski definition) is 2. The molecule has 0 N–H and O–H groups in total. The number of halogens is 3. The molecule has 2 aromatic rings. The van der Waals surface area contributed by atoms with Crippen molar-refractivity contribution in [2.75, 3.05) is 6.61 Å². The van der Waals surface area contributed by atoms with Crippen LogP contribution in [0.15, 0.2) is 42.7 Å². The number of aromatic nitrogens is 1. The van der Waals surface area contributed by atoms with Crippen molar-refractivity contribution >= 4 is 12.4 Å². The third kappa shape index (κ3) is 5.75. The molecule has 0 aliphatic carbocycles. The van der Waals surface area contributed by atoms with Gasteiger partial charge in [0.2, 0.25) is 0 Å². The molecule has 0 aliphatic heterocycles. The summed E-state index contributed by atoms with van der Waals surface area (Å²) in [6.45, 7) is -3.12. The molecule has 0 aliphatic rings. The number of rotatable bonds is 5. The average molecular weight is 319 g/mol. The Morgan fingerprint density at radius 1 is 1.19 bits per heavy atom. The fourth-order valence-electron chi connectivity index (χ4n) is 1.94. The summed E-state index contributed by atoms with van der Waals surface area (Å²) in [5.74, 6) is 0.454. The van der Waals surface area contributed by atoms with Crippen LogP contribution in [0.2, 0.25) is 0 Å². The van der Waals surface area contributed by atoms with Crippen molar-refractivity contribution in [3.05, 3.63) is 53.9 Å². The molecule has 0 fully saturated rings. The smallest absolute Gasteiger partial charge is 0.493 e. The molecule has 0 bridgehead atoms. The minimum absolute atomic E-state index is 0. The molecule has 21 heavy (non-hydrogen) atoms. The summed E-state index contributed by atoms with van der Waals surface area (Å²) in [5, 5.41) is 0. The Labute approximate surface area is 164 Å². The number of aryl methyl sites for hydroxylation is 1. The first kappa shape index (κ1) is 18.7.